The van der Waals surface area contributed by atoms with Gasteiger partial charge in [-0.2, -0.15) is 0 Å². The van der Waals surface area contributed by atoms with Gasteiger partial charge in [0.2, 0.25) is 0 Å². The van der Waals surface area contributed by atoms with Gasteiger partial charge in [0.1, 0.15) is 0 Å². The van der Waals surface area contributed by atoms with Crippen molar-refractivity contribution in [1.29, 1.82) is 5.41 Å². The molecule has 0 aromatic rings. The van der Waals surface area contributed by atoms with Crippen LogP contribution < -0.4 is 0 Å². The number of nitrogens with one attached hydrogen (secondary N) is 1. The lowest BCUT2D eigenvalue weighted by Gasteiger charge is -2.30. The Kier molecular flexibility index (Phi) is 3.93. The van der Waals surface area contributed by atoms with Gasteiger partial charge < -0.3 is 9.80 Å². The second-order valence-corrected chi connectivity index (χ2v) is 4.79. The fraction of sp³-hybridized carbons (Fsp3) is 0.909. The smallest absolute Gasteiger partial charge is 0.0986 e. The van der Waals surface area contributed by atoms with Crippen molar-refractivity contribution in [3.63, 3.8) is 0 Å². The number of likely N-dealkylation sites (N-methyl/N-ethyl adjacent to an activating group) is 1. The molecule has 1 atom stereocenters. The molecule has 82 valence electrons. The quantitative estimate of drug-likeness (QED) is 0.551. The maximum absolute atomic E-state index is 8.02. The van der Waals surface area contributed by atoms with Crippen molar-refractivity contribution in [3.05, 3.63) is 0 Å². The highest BCUT2D eigenvalue weighted by molar-refractivity contribution is 5.81. The van der Waals surface area contributed by atoms with Gasteiger partial charge in [-0.25, -0.2) is 0 Å². The van der Waals surface area contributed by atoms with Crippen LogP contribution in [0.5, 0.6) is 0 Å². The summed E-state index contributed by atoms with van der Waals surface area (Å²) in [6.07, 6.45) is 2.49. The van der Waals surface area contributed by atoms with Gasteiger partial charge in [-0.15, -0.1) is 0 Å². The van der Waals surface area contributed by atoms with Crippen molar-refractivity contribution in [1.82, 2.24) is 9.80 Å². The molecule has 0 amide bonds. The van der Waals surface area contributed by atoms with Crippen LogP contribution in [-0.2, 0) is 0 Å². The van der Waals surface area contributed by atoms with E-state index in [-0.39, 0.29) is 0 Å². The van der Waals surface area contributed by atoms with Gasteiger partial charge in [-0.1, -0.05) is 13.8 Å². The first-order chi connectivity index (χ1) is 6.52. The zero-order valence-corrected chi connectivity index (χ0v) is 9.88. The van der Waals surface area contributed by atoms with Crippen LogP contribution in [0.1, 0.15) is 26.7 Å². The monoisotopic (exact) mass is 197 g/mol. The Morgan fingerprint density at radius 1 is 1.50 bits per heavy atom. The first-order valence-electron chi connectivity index (χ1n) is 5.52. The van der Waals surface area contributed by atoms with Crippen LogP contribution in [0, 0.1) is 11.3 Å². The first kappa shape index (κ1) is 11.5. The Bertz CT molecular complexity index is 199. The van der Waals surface area contributed by atoms with E-state index in [1.807, 2.05) is 0 Å². The molecule has 3 nitrogen and oxygen atoms in total. The Morgan fingerprint density at radius 3 is 2.64 bits per heavy atom. The molecule has 0 spiro atoms. The largest absolute Gasteiger partial charge is 0.356 e. The van der Waals surface area contributed by atoms with Crippen molar-refractivity contribution in [3.8, 4) is 0 Å². The predicted molar refractivity (Wildman–Crippen MR) is 60.8 cm³/mol. The second-order valence-electron chi connectivity index (χ2n) is 4.79. The average molecular weight is 197 g/mol. The van der Waals surface area contributed by atoms with E-state index in [9.17, 15) is 0 Å². The van der Waals surface area contributed by atoms with Crippen LogP contribution in [0.3, 0.4) is 0 Å². The van der Waals surface area contributed by atoms with Gasteiger partial charge in [-0.3, -0.25) is 5.41 Å². The standard InChI is InChI=1S/C11H23N3/c1-9(2)11(12)14-7-5-6-10(14)8-13(3)4/h9-10,12H,5-8H2,1-4H3. The van der Waals surface area contributed by atoms with E-state index in [0.717, 1.165) is 18.9 Å². The molecule has 14 heavy (non-hydrogen) atoms. The summed E-state index contributed by atoms with van der Waals surface area (Å²) in [5.74, 6) is 1.17. The topological polar surface area (TPSA) is 30.3 Å². The molecule has 1 aliphatic rings. The maximum atomic E-state index is 8.02. The summed E-state index contributed by atoms with van der Waals surface area (Å²) in [7, 11) is 4.21. The van der Waals surface area contributed by atoms with Crippen LogP contribution in [0.4, 0.5) is 0 Å². The van der Waals surface area contributed by atoms with E-state index in [4.69, 9.17) is 5.41 Å². The summed E-state index contributed by atoms with van der Waals surface area (Å²) in [5, 5.41) is 8.02. The molecule has 1 unspecified atom stereocenters. The summed E-state index contributed by atoms with van der Waals surface area (Å²) in [5.41, 5.74) is 0. The molecule has 1 heterocycles. The lowest BCUT2D eigenvalue weighted by atomic mass is 10.1. The van der Waals surface area contributed by atoms with Crippen LogP contribution in [0.2, 0.25) is 0 Å². The predicted octanol–water partition coefficient (Wildman–Crippen LogP) is 1.65. The normalized spacial score (nSPS) is 22.4. The van der Waals surface area contributed by atoms with Crippen molar-refractivity contribution < 1.29 is 0 Å². The molecule has 1 aliphatic heterocycles. The van der Waals surface area contributed by atoms with Gasteiger partial charge in [0.05, 0.1) is 5.84 Å². The van der Waals surface area contributed by atoms with Gasteiger partial charge in [0.25, 0.3) is 0 Å². The third kappa shape index (κ3) is 2.71. The number of nitrogens with zero attached hydrogens (tertiary/aromatic N) is 2. The Hall–Kier alpha value is -0.570. The molecule has 0 saturated carbocycles. The van der Waals surface area contributed by atoms with Gasteiger partial charge >= 0.3 is 0 Å². The van der Waals surface area contributed by atoms with Crippen LogP contribution in [-0.4, -0.2) is 48.9 Å². The highest BCUT2D eigenvalue weighted by Crippen LogP contribution is 2.20. The Balaban J connectivity index is 2.55. The molecule has 0 bridgehead atoms. The van der Waals surface area contributed by atoms with E-state index in [1.165, 1.54) is 12.8 Å². The maximum Gasteiger partial charge on any atom is 0.0986 e. The zero-order chi connectivity index (χ0) is 10.7. The zero-order valence-electron chi connectivity index (χ0n) is 9.88. The first-order valence-corrected chi connectivity index (χ1v) is 5.52. The molecule has 0 aromatic carbocycles. The van der Waals surface area contributed by atoms with Crippen molar-refractivity contribution in [2.45, 2.75) is 32.7 Å². The summed E-state index contributed by atoms with van der Waals surface area (Å²) in [6.45, 7) is 6.37. The van der Waals surface area contributed by atoms with E-state index >= 15 is 0 Å². The number of hydrogen-bond donors (Lipinski definition) is 1. The molecular weight excluding hydrogens is 174 g/mol. The molecule has 0 aliphatic carbocycles. The van der Waals surface area contributed by atoms with Crippen LogP contribution in [0.25, 0.3) is 0 Å². The Morgan fingerprint density at radius 2 is 2.14 bits per heavy atom. The third-order valence-electron chi connectivity index (χ3n) is 2.81. The summed E-state index contributed by atoms with van der Waals surface area (Å²) < 4.78 is 0. The second kappa shape index (κ2) is 4.78. The van der Waals surface area contributed by atoms with Crippen molar-refractivity contribution in [2.75, 3.05) is 27.2 Å². The molecule has 0 aromatic heterocycles. The van der Waals surface area contributed by atoms with E-state index < -0.39 is 0 Å². The van der Waals surface area contributed by atoms with E-state index in [1.54, 1.807) is 0 Å². The SMILES string of the molecule is CC(C)C(=N)N1CCCC1CN(C)C. The minimum Gasteiger partial charge on any atom is -0.356 e. The Labute approximate surface area is 87.6 Å². The molecular formula is C11H23N3. The fourth-order valence-electron chi connectivity index (χ4n) is 2.10. The number of rotatable bonds is 3. The number of hydrogen-bond acceptors (Lipinski definition) is 2. The lowest BCUT2D eigenvalue weighted by molar-refractivity contribution is 0.278. The van der Waals surface area contributed by atoms with Crippen molar-refractivity contribution >= 4 is 5.84 Å². The number of likely N-dealkylation sites (tertiary alicyclic amines) is 1. The number of amidine groups is 1. The molecule has 1 fully saturated rings. The molecule has 1 rings (SSSR count). The molecule has 0 radical (unpaired) electrons. The summed E-state index contributed by atoms with van der Waals surface area (Å²) in [4.78, 5) is 4.50. The molecule has 1 N–H and O–H groups in total. The lowest BCUT2D eigenvalue weighted by Crippen LogP contribution is -2.42. The summed E-state index contributed by atoms with van der Waals surface area (Å²) in [6, 6.07) is 0.569. The van der Waals surface area contributed by atoms with E-state index in [0.29, 0.717) is 12.0 Å². The van der Waals surface area contributed by atoms with Crippen molar-refractivity contribution in [2.24, 2.45) is 5.92 Å². The summed E-state index contributed by atoms with van der Waals surface area (Å²) >= 11 is 0. The van der Waals surface area contributed by atoms with Crippen LogP contribution >= 0.6 is 0 Å². The highest BCUT2D eigenvalue weighted by atomic mass is 15.2. The fourth-order valence-corrected chi connectivity index (χ4v) is 2.10. The van der Waals surface area contributed by atoms with E-state index in [2.05, 4.69) is 37.7 Å². The van der Waals surface area contributed by atoms with Gasteiger partial charge in [0.15, 0.2) is 0 Å². The van der Waals surface area contributed by atoms with Gasteiger partial charge in [-0.05, 0) is 26.9 Å². The highest BCUT2D eigenvalue weighted by Gasteiger charge is 2.27. The minimum atomic E-state index is 0.359. The minimum absolute atomic E-state index is 0.359. The van der Waals surface area contributed by atoms with Gasteiger partial charge in [0, 0.05) is 25.0 Å². The molecule has 3 heteroatoms. The average Bonchev–Trinajstić information content (AvgIpc) is 2.49. The third-order valence-corrected chi connectivity index (χ3v) is 2.81. The molecule has 1 saturated heterocycles. The van der Waals surface area contributed by atoms with Crippen LogP contribution in [0.15, 0.2) is 0 Å².